The monoisotopic (exact) mass is 274 g/mol. The molecule has 0 spiro atoms. The van der Waals surface area contributed by atoms with E-state index in [1.165, 1.54) is 24.8 Å². The van der Waals surface area contributed by atoms with Crippen LogP contribution in [0.2, 0.25) is 0 Å². The minimum atomic E-state index is 0.0456. The standard InChI is InChI=1S/C17H26N2O/c1-17(2)11-4-3-5-15(17)19-16(20)14-8-6-13(7-9-14)10-12-18/h6-9,15H,3-5,10-12,18H2,1-2H3,(H,19,20). The maximum absolute atomic E-state index is 12.3. The number of nitrogens with two attached hydrogens (primary N) is 1. The van der Waals surface area contributed by atoms with E-state index >= 15 is 0 Å². The Bertz CT molecular complexity index is 451. The molecule has 110 valence electrons. The Morgan fingerprint density at radius 1 is 1.30 bits per heavy atom. The summed E-state index contributed by atoms with van der Waals surface area (Å²) < 4.78 is 0. The number of benzene rings is 1. The van der Waals surface area contributed by atoms with E-state index in [1.807, 2.05) is 24.3 Å². The maximum Gasteiger partial charge on any atom is 0.251 e. The van der Waals surface area contributed by atoms with Crippen LogP contribution in [-0.2, 0) is 6.42 Å². The third-order valence-corrected chi connectivity index (χ3v) is 4.46. The van der Waals surface area contributed by atoms with Crippen LogP contribution in [0.3, 0.4) is 0 Å². The highest BCUT2D eigenvalue weighted by molar-refractivity contribution is 5.94. The Hall–Kier alpha value is -1.35. The van der Waals surface area contributed by atoms with Gasteiger partial charge in [0.25, 0.3) is 5.91 Å². The molecule has 0 saturated heterocycles. The molecule has 0 aromatic heterocycles. The van der Waals surface area contributed by atoms with E-state index in [0.717, 1.165) is 18.4 Å². The zero-order valence-corrected chi connectivity index (χ0v) is 12.6. The summed E-state index contributed by atoms with van der Waals surface area (Å²) in [5.74, 6) is 0.0456. The maximum atomic E-state index is 12.3. The van der Waals surface area contributed by atoms with Gasteiger partial charge >= 0.3 is 0 Å². The van der Waals surface area contributed by atoms with E-state index in [9.17, 15) is 4.79 Å². The van der Waals surface area contributed by atoms with Gasteiger partial charge in [0.05, 0.1) is 0 Å². The lowest BCUT2D eigenvalue weighted by Crippen LogP contribution is -2.46. The van der Waals surface area contributed by atoms with Crippen molar-refractivity contribution in [2.75, 3.05) is 6.54 Å². The van der Waals surface area contributed by atoms with Crippen molar-refractivity contribution in [1.82, 2.24) is 5.32 Å². The van der Waals surface area contributed by atoms with Crippen molar-refractivity contribution in [1.29, 1.82) is 0 Å². The topological polar surface area (TPSA) is 55.1 Å². The van der Waals surface area contributed by atoms with Crippen LogP contribution in [-0.4, -0.2) is 18.5 Å². The van der Waals surface area contributed by atoms with Gasteiger partial charge in [-0.15, -0.1) is 0 Å². The van der Waals surface area contributed by atoms with Gasteiger partial charge in [0.15, 0.2) is 0 Å². The van der Waals surface area contributed by atoms with Gasteiger partial charge in [-0.3, -0.25) is 4.79 Å². The Kier molecular flexibility index (Phi) is 4.81. The normalized spacial score (nSPS) is 21.4. The highest BCUT2D eigenvalue weighted by Gasteiger charge is 2.33. The Morgan fingerprint density at radius 2 is 2.00 bits per heavy atom. The van der Waals surface area contributed by atoms with Gasteiger partial charge in [0.2, 0.25) is 0 Å². The molecule has 3 nitrogen and oxygen atoms in total. The zero-order chi connectivity index (χ0) is 14.6. The van der Waals surface area contributed by atoms with Gasteiger partial charge in [-0.2, -0.15) is 0 Å². The van der Waals surface area contributed by atoms with E-state index in [0.29, 0.717) is 6.54 Å². The lowest BCUT2D eigenvalue weighted by molar-refractivity contribution is 0.0853. The molecule has 0 heterocycles. The predicted octanol–water partition coefficient (Wildman–Crippen LogP) is 2.89. The second kappa shape index (κ2) is 6.40. The van der Waals surface area contributed by atoms with Crippen molar-refractivity contribution in [2.24, 2.45) is 11.1 Å². The molecule has 1 aromatic rings. The highest BCUT2D eigenvalue weighted by atomic mass is 16.1. The van der Waals surface area contributed by atoms with E-state index < -0.39 is 0 Å². The predicted molar refractivity (Wildman–Crippen MR) is 82.7 cm³/mol. The molecule has 1 saturated carbocycles. The molecule has 1 aromatic carbocycles. The molecule has 3 heteroatoms. The van der Waals surface area contributed by atoms with Crippen LogP contribution in [0.1, 0.15) is 55.5 Å². The van der Waals surface area contributed by atoms with Gasteiger partial charge in [0.1, 0.15) is 0 Å². The minimum Gasteiger partial charge on any atom is -0.349 e. The SMILES string of the molecule is CC1(C)CCCCC1NC(=O)c1ccc(CCN)cc1. The summed E-state index contributed by atoms with van der Waals surface area (Å²) in [6.07, 6.45) is 5.62. The lowest BCUT2D eigenvalue weighted by Gasteiger charge is -2.39. The number of rotatable bonds is 4. The van der Waals surface area contributed by atoms with Gasteiger partial charge in [0, 0.05) is 11.6 Å². The average molecular weight is 274 g/mol. The molecule has 3 N–H and O–H groups in total. The van der Waals surface area contributed by atoms with Gasteiger partial charge in [-0.25, -0.2) is 0 Å². The van der Waals surface area contributed by atoms with Crippen LogP contribution < -0.4 is 11.1 Å². The van der Waals surface area contributed by atoms with Gasteiger partial charge in [-0.05, 0) is 48.9 Å². The van der Waals surface area contributed by atoms with Crippen LogP contribution in [0, 0.1) is 5.41 Å². The fourth-order valence-electron chi connectivity index (χ4n) is 2.99. The molecule has 2 rings (SSSR count). The number of hydrogen-bond donors (Lipinski definition) is 2. The van der Waals surface area contributed by atoms with Crippen LogP contribution in [0.15, 0.2) is 24.3 Å². The number of nitrogens with one attached hydrogen (secondary N) is 1. The highest BCUT2D eigenvalue weighted by Crippen LogP contribution is 2.35. The molecule has 1 aliphatic rings. The number of amides is 1. The first-order valence-electron chi connectivity index (χ1n) is 7.63. The quantitative estimate of drug-likeness (QED) is 0.887. The largest absolute Gasteiger partial charge is 0.349 e. The second-order valence-electron chi connectivity index (χ2n) is 6.50. The summed E-state index contributed by atoms with van der Waals surface area (Å²) in [5.41, 5.74) is 7.66. The molecular weight excluding hydrogens is 248 g/mol. The van der Waals surface area contributed by atoms with Gasteiger partial charge < -0.3 is 11.1 Å². The minimum absolute atomic E-state index is 0.0456. The fourth-order valence-corrected chi connectivity index (χ4v) is 2.99. The van der Waals surface area contributed by atoms with Crippen molar-refractivity contribution >= 4 is 5.91 Å². The summed E-state index contributed by atoms with van der Waals surface area (Å²) >= 11 is 0. The average Bonchev–Trinajstić information content (AvgIpc) is 2.42. The van der Waals surface area contributed by atoms with E-state index in [-0.39, 0.29) is 17.4 Å². The van der Waals surface area contributed by atoms with E-state index in [4.69, 9.17) is 5.73 Å². The Balaban J connectivity index is 2.00. The molecule has 0 bridgehead atoms. The van der Waals surface area contributed by atoms with Crippen LogP contribution in [0.25, 0.3) is 0 Å². The molecule has 0 aliphatic heterocycles. The van der Waals surface area contributed by atoms with Crippen molar-refractivity contribution < 1.29 is 4.79 Å². The molecule has 1 atom stereocenters. The third kappa shape index (κ3) is 3.60. The van der Waals surface area contributed by atoms with Crippen molar-refractivity contribution in [3.8, 4) is 0 Å². The van der Waals surface area contributed by atoms with E-state index in [2.05, 4.69) is 19.2 Å². The van der Waals surface area contributed by atoms with Crippen molar-refractivity contribution in [2.45, 2.75) is 52.0 Å². The lowest BCUT2D eigenvalue weighted by atomic mass is 9.73. The summed E-state index contributed by atoms with van der Waals surface area (Å²) in [7, 11) is 0. The third-order valence-electron chi connectivity index (χ3n) is 4.46. The summed E-state index contributed by atoms with van der Waals surface area (Å²) in [6, 6.07) is 8.07. The molecule has 0 radical (unpaired) electrons. The summed E-state index contributed by atoms with van der Waals surface area (Å²) in [6.45, 7) is 5.14. The summed E-state index contributed by atoms with van der Waals surface area (Å²) in [4.78, 5) is 12.3. The van der Waals surface area contributed by atoms with Crippen molar-refractivity contribution in [3.63, 3.8) is 0 Å². The van der Waals surface area contributed by atoms with Crippen LogP contribution >= 0.6 is 0 Å². The molecule has 1 amide bonds. The van der Waals surface area contributed by atoms with Crippen LogP contribution in [0.4, 0.5) is 0 Å². The Morgan fingerprint density at radius 3 is 2.60 bits per heavy atom. The summed E-state index contributed by atoms with van der Waals surface area (Å²) in [5, 5.41) is 3.21. The smallest absolute Gasteiger partial charge is 0.251 e. The second-order valence-corrected chi connectivity index (χ2v) is 6.50. The van der Waals surface area contributed by atoms with E-state index in [1.54, 1.807) is 0 Å². The zero-order valence-electron chi connectivity index (χ0n) is 12.6. The van der Waals surface area contributed by atoms with Gasteiger partial charge in [-0.1, -0.05) is 38.8 Å². The molecule has 1 fully saturated rings. The Labute approximate surface area is 121 Å². The number of carbonyl (C=O) groups excluding carboxylic acids is 1. The number of carbonyl (C=O) groups is 1. The first-order chi connectivity index (χ1) is 9.53. The first kappa shape index (κ1) is 15.0. The number of hydrogen-bond acceptors (Lipinski definition) is 2. The molecular formula is C17H26N2O. The molecule has 20 heavy (non-hydrogen) atoms. The van der Waals surface area contributed by atoms with Crippen LogP contribution in [0.5, 0.6) is 0 Å². The first-order valence-corrected chi connectivity index (χ1v) is 7.63. The molecule has 1 unspecified atom stereocenters. The van der Waals surface area contributed by atoms with Crippen molar-refractivity contribution in [3.05, 3.63) is 35.4 Å². The molecule has 1 aliphatic carbocycles. The fraction of sp³-hybridized carbons (Fsp3) is 0.588.